The molecule has 0 unspecified atom stereocenters. The predicted octanol–water partition coefficient (Wildman–Crippen LogP) is 5.61. The maximum atomic E-state index is 13.0. The van der Waals surface area contributed by atoms with E-state index in [1.807, 2.05) is 19.1 Å². The van der Waals surface area contributed by atoms with Gasteiger partial charge in [0.25, 0.3) is 0 Å². The average molecular weight is 376 g/mol. The van der Waals surface area contributed by atoms with Crippen LogP contribution in [-0.4, -0.2) is 0 Å². The molecule has 0 spiro atoms. The Bertz CT molecular complexity index is 1160. The summed E-state index contributed by atoms with van der Waals surface area (Å²) in [6.45, 7) is 2.26. The monoisotopic (exact) mass is 376 g/mol. The van der Waals surface area contributed by atoms with Crippen LogP contribution in [0, 0.1) is 12.7 Å². The number of benzene rings is 3. The van der Waals surface area contributed by atoms with E-state index >= 15 is 0 Å². The van der Waals surface area contributed by atoms with Crippen LogP contribution >= 0.6 is 0 Å². The van der Waals surface area contributed by atoms with Crippen molar-refractivity contribution in [3.8, 4) is 17.2 Å². The van der Waals surface area contributed by atoms with Crippen LogP contribution in [0.15, 0.2) is 82.2 Å². The van der Waals surface area contributed by atoms with E-state index in [1.54, 1.807) is 42.5 Å². The lowest BCUT2D eigenvalue weighted by molar-refractivity contribution is 0.306. The highest BCUT2D eigenvalue weighted by Gasteiger charge is 2.10. The van der Waals surface area contributed by atoms with Gasteiger partial charge in [0, 0.05) is 6.07 Å². The van der Waals surface area contributed by atoms with Crippen molar-refractivity contribution < 1.29 is 18.3 Å². The highest BCUT2D eigenvalue weighted by molar-refractivity contribution is 5.79. The normalized spacial score (nSPS) is 10.8. The standard InChI is InChI=1S/C23H17FO4/c1-15-2-8-18(9-3-15)28-22-14-27-21-12-19(10-11-20(21)23(22)25)26-13-16-4-6-17(24)7-5-16/h2-12,14H,13H2,1H3. The number of ether oxygens (including phenoxy) is 2. The number of hydrogen-bond donors (Lipinski definition) is 0. The minimum Gasteiger partial charge on any atom is -0.489 e. The Hall–Kier alpha value is -3.60. The number of halogens is 1. The van der Waals surface area contributed by atoms with Gasteiger partial charge in [-0.3, -0.25) is 4.79 Å². The molecule has 0 aliphatic carbocycles. The smallest absolute Gasteiger partial charge is 0.235 e. The van der Waals surface area contributed by atoms with Crippen LogP contribution in [0.3, 0.4) is 0 Å². The van der Waals surface area contributed by atoms with Gasteiger partial charge >= 0.3 is 0 Å². The average Bonchev–Trinajstić information content (AvgIpc) is 2.71. The second kappa shape index (κ2) is 7.56. The first-order valence-corrected chi connectivity index (χ1v) is 8.76. The predicted molar refractivity (Wildman–Crippen MR) is 104 cm³/mol. The van der Waals surface area contributed by atoms with Gasteiger partial charge in [-0.15, -0.1) is 0 Å². The van der Waals surface area contributed by atoms with E-state index in [0.29, 0.717) is 22.5 Å². The molecule has 0 fully saturated rings. The van der Waals surface area contributed by atoms with E-state index in [2.05, 4.69) is 0 Å². The fourth-order valence-electron chi connectivity index (χ4n) is 2.73. The van der Waals surface area contributed by atoms with Gasteiger partial charge in [-0.1, -0.05) is 29.8 Å². The molecule has 3 aromatic carbocycles. The van der Waals surface area contributed by atoms with Crippen molar-refractivity contribution in [2.45, 2.75) is 13.5 Å². The summed E-state index contributed by atoms with van der Waals surface area (Å²) >= 11 is 0. The third-order valence-electron chi connectivity index (χ3n) is 4.28. The molecule has 0 aliphatic rings. The molecular formula is C23H17FO4. The molecule has 0 aliphatic heterocycles. The quantitative estimate of drug-likeness (QED) is 0.454. The minimum absolute atomic E-state index is 0.122. The maximum absolute atomic E-state index is 13.0. The van der Waals surface area contributed by atoms with Crippen molar-refractivity contribution in [1.29, 1.82) is 0 Å². The molecule has 4 rings (SSSR count). The Morgan fingerprint density at radius 3 is 2.39 bits per heavy atom. The van der Waals surface area contributed by atoms with Crippen molar-refractivity contribution >= 4 is 11.0 Å². The molecule has 0 saturated heterocycles. The molecule has 28 heavy (non-hydrogen) atoms. The van der Waals surface area contributed by atoms with Crippen molar-refractivity contribution in [1.82, 2.24) is 0 Å². The first kappa shape index (κ1) is 17.8. The van der Waals surface area contributed by atoms with Crippen molar-refractivity contribution in [2.24, 2.45) is 0 Å². The SMILES string of the molecule is Cc1ccc(Oc2coc3cc(OCc4ccc(F)cc4)ccc3c2=O)cc1. The molecule has 0 N–H and O–H groups in total. The van der Waals surface area contributed by atoms with E-state index in [-0.39, 0.29) is 23.6 Å². The van der Waals surface area contributed by atoms with Gasteiger partial charge in [-0.05, 0) is 48.9 Å². The Labute approximate surface area is 160 Å². The van der Waals surface area contributed by atoms with Crippen LogP contribution < -0.4 is 14.9 Å². The van der Waals surface area contributed by atoms with Gasteiger partial charge in [0.15, 0.2) is 0 Å². The molecule has 0 radical (unpaired) electrons. The maximum Gasteiger partial charge on any atom is 0.235 e. The van der Waals surface area contributed by atoms with E-state index < -0.39 is 0 Å². The first-order chi connectivity index (χ1) is 13.6. The summed E-state index contributed by atoms with van der Waals surface area (Å²) in [5.74, 6) is 0.944. The molecule has 1 aromatic heterocycles. The number of hydrogen-bond acceptors (Lipinski definition) is 4. The van der Waals surface area contributed by atoms with Gasteiger partial charge in [-0.25, -0.2) is 4.39 Å². The van der Waals surface area contributed by atoms with Crippen LogP contribution in [-0.2, 0) is 6.61 Å². The zero-order chi connectivity index (χ0) is 19.5. The van der Waals surface area contributed by atoms with Crippen LogP contribution in [0.1, 0.15) is 11.1 Å². The molecular weight excluding hydrogens is 359 g/mol. The molecule has 0 atom stereocenters. The van der Waals surface area contributed by atoms with Crippen molar-refractivity contribution in [3.63, 3.8) is 0 Å². The van der Waals surface area contributed by atoms with Crippen molar-refractivity contribution in [2.75, 3.05) is 0 Å². The molecule has 1 heterocycles. The molecule has 0 amide bonds. The zero-order valence-corrected chi connectivity index (χ0v) is 15.1. The zero-order valence-electron chi connectivity index (χ0n) is 15.1. The second-order valence-corrected chi connectivity index (χ2v) is 6.42. The Morgan fingerprint density at radius 2 is 1.64 bits per heavy atom. The Balaban J connectivity index is 1.54. The van der Waals surface area contributed by atoms with Gasteiger partial charge in [0.1, 0.15) is 35.8 Å². The summed E-state index contributed by atoms with van der Waals surface area (Å²) in [7, 11) is 0. The lowest BCUT2D eigenvalue weighted by Crippen LogP contribution is -2.05. The summed E-state index contributed by atoms with van der Waals surface area (Å²) in [4.78, 5) is 12.7. The largest absolute Gasteiger partial charge is 0.489 e. The summed E-state index contributed by atoms with van der Waals surface area (Å²) in [5, 5.41) is 0.402. The number of aryl methyl sites for hydroxylation is 1. The summed E-state index contributed by atoms with van der Waals surface area (Å²) in [5.41, 5.74) is 2.08. The number of rotatable bonds is 5. The van der Waals surface area contributed by atoms with E-state index in [0.717, 1.165) is 11.1 Å². The third-order valence-corrected chi connectivity index (χ3v) is 4.28. The molecule has 5 heteroatoms. The van der Waals surface area contributed by atoms with Crippen LogP contribution in [0.5, 0.6) is 17.2 Å². The van der Waals surface area contributed by atoms with Crippen LogP contribution in [0.2, 0.25) is 0 Å². The fourth-order valence-corrected chi connectivity index (χ4v) is 2.73. The van der Waals surface area contributed by atoms with Gasteiger partial charge in [0.2, 0.25) is 11.2 Å². The summed E-state index contributed by atoms with van der Waals surface area (Å²) in [6.07, 6.45) is 1.30. The lowest BCUT2D eigenvalue weighted by atomic mass is 10.2. The molecule has 0 saturated carbocycles. The van der Waals surface area contributed by atoms with E-state index in [9.17, 15) is 9.18 Å². The molecule has 4 aromatic rings. The highest BCUT2D eigenvalue weighted by atomic mass is 19.1. The Morgan fingerprint density at radius 1 is 0.929 bits per heavy atom. The minimum atomic E-state index is -0.292. The topological polar surface area (TPSA) is 48.7 Å². The van der Waals surface area contributed by atoms with Crippen molar-refractivity contribution in [3.05, 3.63) is 100 Å². The molecule has 140 valence electrons. The van der Waals surface area contributed by atoms with Crippen LogP contribution in [0.25, 0.3) is 11.0 Å². The van der Waals surface area contributed by atoms with E-state index in [1.165, 1.54) is 18.4 Å². The van der Waals surface area contributed by atoms with Gasteiger partial charge in [0.05, 0.1) is 5.39 Å². The summed E-state index contributed by atoms with van der Waals surface area (Å²) in [6, 6.07) is 18.5. The van der Waals surface area contributed by atoms with E-state index in [4.69, 9.17) is 13.9 Å². The lowest BCUT2D eigenvalue weighted by Gasteiger charge is -2.08. The highest BCUT2D eigenvalue weighted by Crippen LogP contribution is 2.24. The molecule has 4 nitrogen and oxygen atoms in total. The first-order valence-electron chi connectivity index (χ1n) is 8.76. The second-order valence-electron chi connectivity index (χ2n) is 6.42. The fraction of sp³-hybridized carbons (Fsp3) is 0.0870. The Kier molecular flexibility index (Phi) is 4.81. The summed E-state index contributed by atoms with van der Waals surface area (Å²) < 4.78 is 29.9. The molecule has 0 bridgehead atoms. The van der Waals surface area contributed by atoms with Crippen LogP contribution in [0.4, 0.5) is 4.39 Å². The van der Waals surface area contributed by atoms with Gasteiger partial charge < -0.3 is 13.9 Å². The number of fused-ring (bicyclic) bond motifs is 1. The van der Waals surface area contributed by atoms with Gasteiger partial charge in [-0.2, -0.15) is 0 Å². The third kappa shape index (κ3) is 3.88.